The third-order valence-electron chi connectivity index (χ3n) is 4.28. The SMILES string of the molecule is COc1cc2c(cc1C)C=C(C(=O)Nc1ccccc1C=O)CC2. The summed E-state index contributed by atoms with van der Waals surface area (Å²) in [5.41, 5.74) is 5.00. The Morgan fingerprint density at radius 3 is 2.75 bits per heavy atom. The van der Waals surface area contributed by atoms with Crippen LogP contribution in [0.25, 0.3) is 6.08 Å². The van der Waals surface area contributed by atoms with Crippen molar-refractivity contribution in [2.24, 2.45) is 0 Å². The highest BCUT2D eigenvalue weighted by Crippen LogP contribution is 2.30. The second kappa shape index (κ2) is 6.71. The number of para-hydroxylation sites is 1. The predicted octanol–water partition coefficient (Wildman–Crippen LogP) is 3.78. The fourth-order valence-corrected chi connectivity index (χ4v) is 2.95. The summed E-state index contributed by atoms with van der Waals surface area (Å²) < 4.78 is 5.36. The summed E-state index contributed by atoms with van der Waals surface area (Å²) in [4.78, 5) is 23.6. The van der Waals surface area contributed by atoms with Crippen LogP contribution >= 0.6 is 0 Å². The predicted molar refractivity (Wildman–Crippen MR) is 94.5 cm³/mol. The number of amides is 1. The molecule has 0 heterocycles. The van der Waals surface area contributed by atoms with E-state index in [9.17, 15) is 9.59 Å². The first-order chi connectivity index (χ1) is 11.6. The number of hydrogen-bond acceptors (Lipinski definition) is 3. The molecular formula is C20H19NO3. The summed E-state index contributed by atoms with van der Waals surface area (Å²) in [6.45, 7) is 1.99. The molecule has 0 bridgehead atoms. The van der Waals surface area contributed by atoms with Crippen molar-refractivity contribution < 1.29 is 14.3 Å². The summed E-state index contributed by atoms with van der Waals surface area (Å²) >= 11 is 0. The van der Waals surface area contributed by atoms with Gasteiger partial charge in [0, 0.05) is 11.1 Å². The van der Waals surface area contributed by atoms with E-state index < -0.39 is 0 Å². The number of hydrogen-bond donors (Lipinski definition) is 1. The van der Waals surface area contributed by atoms with E-state index in [1.54, 1.807) is 31.4 Å². The summed E-state index contributed by atoms with van der Waals surface area (Å²) in [5, 5.41) is 2.84. The van der Waals surface area contributed by atoms with Crippen molar-refractivity contribution >= 4 is 24.0 Å². The maximum atomic E-state index is 12.5. The number of carbonyl (C=O) groups excluding carboxylic acids is 2. The van der Waals surface area contributed by atoms with Gasteiger partial charge in [-0.25, -0.2) is 0 Å². The first-order valence-corrected chi connectivity index (χ1v) is 7.86. The van der Waals surface area contributed by atoms with Gasteiger partial charge in [0.05, 0.1) is 12.8 Å². The first kappa shape index (κ1) is 16.0. The number of nitrogens with one attached hydrogen (secondary N) is 1. The van der Waals surface area contributed by atoms with Gasteiger partial charge in [-0.05, 0) is 66.8 Å². The van der Waals surface area contributed by atoms with Crippen LogP contribution in [0.2, 0.25) is 0 Å². The van der Waals surface area contributed by atoms with Gasteiger partial charge in [0.25, 0.3) is 5.91 Å². The van der Waals surface area contributed by atoms with Gasteiger partial charge in [-0.1, -0.05) is 12.1 Å². The van der Waals surface area contributed by atoms with Crippen molar-refractivity contribution in [2.45, 2.75) is 19.8 Å². The second-order valence-electron chi connectivity index (χ2n) is 5.85. The normalized spacial score (nSPS) is 12.8. The van der Waals surface area contributed by atoms with Crippen LogP contribution < -0.4 is 10.1 Å². The number of rotatable bonds is 4. The highest BCUT2D eigenvalue weighted by atomic mass is 16.5. The molecule has 24 heavy (non-hydrogen) atoms. The van der Waals surface area contributed by atoms with Gasteiger partial charge in [-0.2, -0.15) is 0 Å². The van der Waals surface area contributed by atoms with Crippen molar-refractivity contribution in [2.75, 3.05) is 12.4 Å². The number of fused-ring (bicyclic) bond motifs is 1. The molecule has 1 aliphatic carbocycles. The van der Waals surface area contributed by atoms with Crippen LogP contribution in [0.1, 0.15) is 33.5 Å². The number of ether oxygens (including phenoxy) is 1. The topological polar surface area (TPSA) is 55.4 Å². The van der Waals surface area contributed by atoms with Crippen LogP contribution in [0, 0.1) is 6.92 Å². The molecule has 1 N–H and O–H groups in total. The molecule has 2 aromatic carbocycles. The third-order valence-corrected chi connectivity index (χ3v) is 4.28. The average Bonchev–Trinajstić information content (AvgIpc) is 2.61. The highest BCUT2D eigenvalue weighted by molar-refractivity contribution is 6.08. The Morgan fingerprint density at radius 1 is 1.21 bits per heavy atom. The molecule has 0 saturated carbocycles. The maximum Gasteiger partial charge on any atom is 0.251 e. The van der Waals surface area contributed by atoms with Crippen molar-refractivity contribution in [1.29, 1.82) is 0 Å². The number of aryl methyl sites for hydroxylation is 2. The molecule has 0 saturated heterocycles. The Bertz CT molecular complexity index is 837. The van der Waals surface area contributed by atoms with Gasteiger partial charge in [0.2, 0.25) is 0 Å². The Hall–Kier alpha value is -2.88. The van der Waals surface area contributed by atoms with E-state index in [1.807, 2.05) is 25.1 Å². The smallest absolute Gasteiger partial charge is 0.251 e. The monoisotopic (exact) mass is 321 g/mol. The van der Waals surface area contributed by atoms with Crippen LogP contribution in [0.5, 0.6) is 5.75 Å². The molecular weight excluding hydrogens is 302 g/mol. The lowest BCUT2D eigenvalue weighted by atomic mass is 9.90. The third kappa shape index (κ3) is 3.08. The van der Waals surface area contributed by atoms with Gasteiger partial charge in [-0.3, -0.25) is 9.59 Å². The molecule has 0 fully saturated rings. The van der Waals surface area contributed by atoms with Gasteiger partial charge in [0.1, 0.15) is 5.75 Å². The minimum Gasteiger partial charge on any atom is -0.496 e. The first-order valence-electron chi connectivity index (χ1n) is 7.86. The lowest BCUT2D eigenvalue weighted by Crippen LogP contribution is -2.18. The molecule has 2 aromatic rings. The van der Waals surface area contributed by atoms with Gasteiger partial charge < -0.3 is 10.1 Å². The summed E-state index contributed by atoms with van der Waals surface area (Å²) in [5.74, 6) is 0.707. The van der Waals surface area contributed by atoms with E-state index in [2.05, 4.69) is 5.32 Å². The van der Waals surface area contributed by atoms with Crippen molar-refractivity contribution in [3.8, 4) is 5.75 Å². The molecule has 1 aliphatic rings. The number of anilines is 1. The summed E-state index contributed by atoms with van der Waals surface area (Å²) in [6.07, 6.45) is 4.12. The number of benzene rings is 2. The van der Waals surface area contributed by atoms with Crippen LogP contribution in [0.4, 0.5) is 5.69 Å². The Labute approximate surface area is 141 Å². The number of methoxy groups -OCH3 is 1. The molecule has 0 spiro atoms. The highest BCUT2D eigenvalue weighted by Gasteiger charge is 2.18. The van der Waals surface area contributed by atoms with Crippen molar-refractivity contribution in [1.82, 2.24) is 0 Å². The maximum absolute atomic E-state index is 12.5. The van der Waals surface area contributed by atoms with Crippen LogP contribution in [-0.2, 0) is 11.2 Å². The van der Waals surface area contributed by atoms with E-state index in [0.717, 1.165) is 29.6 Å². The molecule has 0 radical (unpaired) electrons. The summed E-state index contributed by atoms with van der Waals surface area (Å²) in [7, 11) is 1.66. The minimum absolute atomic E-state index is 0.163. The average molecular weight is 321 g/mol. The molecule has 4 heteroatoms. The standard InChI is InChI=1S/C20H19NO3/c1-13-9-17-10-15(8-7-14(17)11-19(13)24-2)20(23)21-18-6-4-3-5-16(18)12-22/h3-6,9-12H,7-8H2,1-2H3,(H,21,23). The Balaban J connectivity index is 1.86. The van der Waals surface area contributed by atoms with E-state index in [4.69, 9.17) is 4.74 Å². The molecule has 4 nitrogen and oxygen atoms in total. The quantitative estimate of drug-likeness (QED) is 0.872. The fourth-order valence-electron chi connectivity index (χ4n) is 2.95. The van der Waals surface area contributed by atoms with E-state index in [1.165, 1.54) is 5.56 Å². The van der Waals surface area contributed by atoms with Gasteiger partial charge >= 0.3 is 0 Å². The van der Waals surface area contributed by atoms with Crippen LogP contribution in [0.15, 0.2) is 42.0 Å². The minimum atomic E-state index is -0.163. The summed E-state index contributed by atoms with van der Waals surface area (Å²) in [6, 6.07) is 11.1. The molecule has 0 atom stereocenters. The largest absolute Gasteiger partial charge is 0.496 e. The molecule has 0 aromatic heterocycles. The molecule has 1 amide bonds. The van der Waals surface area contributed by atoms with E-state index in [0.29, 0.717) is 23.2 Å². The van der Waals surface area contributed by atoms with Gasteiger partial charge in [0.15, 0.2) is 6.29 Å². The molecule has 0 unspecified atom stereocenters. The van der Waals surface area contributed by atoms with E-state index in [-0.39, 0.29) is 5.91 Å². The van der Waals surface area contributed by atoms with Crippen LogP contribution in [-0.4, -0.2) is 19.3 Å². The van der Waals surface area contributed by atoms with E-state index >= 15 is 0 Å². The lowest BCUT2D eigenvalue weighted by molar-refractivity contribution is -0.112. The zero-order valence-electron chi connectivity index (χ0n) is 13.8. The Morgan fingerprint density at radius 2 is 2.00 bits per heavy atom. The zero-order chi connectivity index (χ0) is 17.1. The number of carbonyl (C=O) groups is 2. The molecule has 122 valence electrons. The lowest BCUT2D eigenvalue weighted by Gasteiger charge is -2.18. The van der Waals surface area contributed by atoms with Gasteiger partial charge in [-0.15, -0.1) is 0 Å². The van der Waals surface area contributed by atoms with Crippen molar-refractivity contribution in [3.63, 3.8) is 0 Å². The molecule has 3 rings (SSSR count). The Kier molecular flexibility index (Phi) is 4.47. The second-order valence-corrected chi connectivity index (χ2v) is 5.85. The fraction of sp³-hybridized carbons (Fsp3) is 0.200. The zero-order valence-corrected chi connectivity index (χ0v) is 13.8. The number of aldehydes is 1. The van der Waals surface area contributed by atoms with Crippen molar-refractivity contribution in [3.05, 3.63) is 64.2 Å². The van der Waals surface area contributed by atoms with Crippen LogP contribution in [0.3, 0.4) is 0 Å². The molecule has 0 aliphatic heterocycles.